The van der Waals surface area contributed by atoms with Crippen molar-refractivity contribution >= 4 is 23.0 Å². The van der Waals surface area contributed by atoms with E-state index >= 15 is 0 Å². The fraction of sp³-hybridized carbons (Fsp3) is 0.200. The first-order valence-electron chi connectivity index (χ1n) is 8.30. The summed E-state index contributed by atoms with van der Waals surface area (Å²) in [5, 5.41) is 12.9. The highest BCUT2D eigenvalue weighted by molar-refractivity contribution is 5.88. The molecule has 6 nitrogen and oxygen atoms in total. The fourth-order valence-corrected chi connectivity index (χ4v) is 2.94. The SMILES string of the molecule is Cc1cccc2[nH]cc(CC(NC(=O)OCc3ccccc3)C(=O)O)c12. The largest absolute Gasteiger partial charge is 0.480 e. The van der Waals surface area contributed by atoms with E-state index in [9.17, 15) is 14.7 Å². The molecule has 1 aromatic heterocycles. The van der Waals surface area contributed by atoms with Crippen molar-refractivity contribution in [1.82, 2.24) is 10.3 Å². The van der Waals surface area contributed by atoms with Crippen LogP contribution in [-0.2, 0) is 22.6 Å². The number of rotatable bonds is 6. The van der Waals surface area contributed by atoms with Crippen LogP contribution in [0.3, 0.4) is 0 Å². The van der Waals surface area contributed by atoms with Gasteiger partial charge >= 0.3 is 12.1 Å². The molecule has 1 atom stereocenters. The minimum absolute atomic E-state index is 0.0885. The molecule has 3 rings (SSSR count). The summed E-state index contributed by atoms with van der Waals surface area (Å²) in [5.74, 6) is -1.11. The van der Waals surface area contributed by atoms with Gasteiger partial charge in [0.15, 0.2) is 0 Å². The highest BCUT2D eigenvalue weighted by Gasteiger charge is 2.23. The van der Waals surface area contributed by atoms with Gasteiger partial charge in [0.25, 0.3) is 0 Å². The number of aromatic nitrogens is 1. The van der Waals surface area contributed by atoms with Crippen molar-refractivity contribution < 1.29 is 19.4 Å². The average molecular weight is 352 g/mol. The molecule has 0 aliphatic heterocycles. The van der Waals surface area contributed by atoms with Crippen molar-refractivity contribution in [2.24, 2.45) is 0 Å². The topological polar surface area (TPSA) is 91.4 Å². The molecule has 0 radical (unpaired) electrons. The lowest BCUT2D eigenvalue weighted by atomic mass is 10.0. The molecule has 0 spiro atoms. The van der Waals surface area contributed by atoms with Crippen LogP contribution < -0.4 is 5.32 Å². The zero-order valence-corrected chi connectivity index (χ0v) is 14.4. The van der Waals surface area contributed by atoms with Crippen LogP contribution in [0.25, 0.3) is 10.9 Å². The summed E-state index contributed by atoms with van der Waals surface area (Å²) in [6.45, 7) is 2.06. The zero-order valence-electron chi connectivity index (χ0n) is 14.4. The summed E-state index contributed by atoms with van der Waals surface area (Å²) in [7, 11) is 0. The highest BCUT2D eigenvalue weighted by Crippen LogP contribution is 2.23. The van der Waals surface area contributed by atoms with E-state index in [0.717, 1.165) is 27.6 Å². The van der Waals surface area contributed by atoms with Crippen LogP contribution >= 0.6 is 0 Å². The standard InChI is InChI=1S/C20H20N2O4/c1-13-6-5-9-16-18(13)15(11-21-16)10-17(19(23)24)22-20(25)26-12-14-7-3-2-4-8-14/h2-9,11,17,21H,10,12H2,1H3,(H,22,25)(H,23,24). The van der Waals surface area contributed by atoms with Gasteiger partial charge in [-0.1, -0.05) is 42.5 Å². The van der Waals surface area contributed by atoms with Gasteiger partial charge in [0, 0.05) is 23.5 Å². The lowest BCUT2D eigenvalue weighted by molar-refractivity contribution is -0.139. The van der Waals surface area contributed by atoms with E-state index in [-0.39, 0.29) is 13.0 Å². The van der Waals surface area contributed by atoms with E-state index in [4.69, 9.17) is 4.74 Å². The van der Waals surface area contributed by atoms with Gasteiger partial charge in [-0.25, -0.2) is 9.59 Å². The minimum atomic E-state index is -1.11. The maximum absolute atomic E-state index is 12.0. The molecule has 0 aliphatic carbocycles. The number of aryl methyl sites for hydroxylation is 1. The number of amides is 1. The van der Waals surface area contributed by atoms with Crippen LogP contribution in [0.1, 0.15) is 16.7 Å². The Hall–Kier alpha value is -3.28. The number of aromatic amines is 1. The Bertz CT molecular complexity index is 918. The van der Waals surface area contributed by atoms with Crippen LogP contribution in [0.5, 0.6) is 0 Å². The minimum Gasteiger partial charge on any atom is -0.480 e. The molecule has 0 fully saturated rings. The molecule has 1 amide bonds. The van der Waals surface area contributed by atoms with Crippen molar-refractivity contribution in [1.29, 1.82) is 0 Å². The Balaban J connectivity index is 1.67. The molecular formula is C20H20N2O4. The molecule has 3 aromatic rings. The van der Waals surface area contributed by atoms with Gasteiger partial charge in [0.2, 0.25) is 0 Å². The molecular weight excluding hydrogens is 332 g/mol. The number of carboxylic acid groups (broad SMARTS) is 1. The Morgan fingerprint density at radius 1 is 1.15 bits per heavy atom. The highest BCUT2D eigenvalue weighted by atomic mass is 16.5. The van der Waals surface area contributed by atoms with E-state index in [2.05, 4.69) is 10.3 Å². The molecule has 0 saturated carbocycles. The van der Waals surface area contributed by atoms with Gasteiger partial charge in [-0.3, -0.25) is 0 Å². The van der Waals surface area contributed by atoms with Gasteiger partial charge < -0.3 is 20.1 Å². The van der Waals surface area contributed by atoms with E-state index in [1.165, 1.54) is 0 Å². The van der Waals surface area contributed by atoms with Gasteiger partial charge in [-0.15, -0.1) is 0 Å². The molecule has 6 heteroatoms. The Morgan fingerprint density at radius 3 is 2.65 bits per heavy atom. The number of fused-ring (bicyclic) bond motifs is 1. The summed E-state index contributed by atoms with van der Waals surface area (Å²) in [5.41, 5.74) is 3.67. The molecule has 3 N–H and O–H groups in total. The quantitative estimate of drug-likeness (QED) is 0.634. The van der Waals surface area contributed by atoms with Crippen LogP contribution in [0.4, 0.5) is 4.79 Å². The average Bonchev–Trinajstić information content (AvgIpc) is 3.04. The van der Waals surface area contributed by atoms with Gasteiger partial charge in [-0.2, -0.15) is 0 Å². The third-order valence-electron chi connectivity index (χ3n) is 4.22. The molecule has 0 bridgehead atoms. The van der Waals surface area contributed by atoms with Crippen molar-refractivity contribution in [2.45, 2.75) is 26.0 Å². The number of benzene rings is 2. The number of carbonyl (C=O) groups excluding carboxylic acids is 1. The van der Waals surface area contributed by atoms with Crippen LogP contribution in [-0.4, -0.2) is 28.2 Å². The normalized spacial score (nSPS) is 11.9. The summed E-state index contributed by atoms with van der Waals surface area (Å²) >= 11 is 0. The maximum Gasteiger partial charge on any atom is 0.408 e. The van der Waals surface area contributed by atoms with Gasteiger partial charge in [0.1, 0.15) is 12.6 Å². The molecule has 0 aliphatic rings. The predicted octanol–water partition coefficient (Wildman–Crippen LogP) is 3.40. The monoisotopic (exact) mass is 352 g/mol. The van der Waals surface area contributed by atoms with Crippen molar-refractivity contribution in [3.05, 3.63) is 71.4 Å². The maximum atomic E-state index is 12.0. The third kappa shape index (κ3) is 4.03. The molecule has 0 saturated heterocycles. The lowest BCUT2D eigenvalue weighted by Crippen LogP contribution is -2.42. The van der Waals surface area contributed by atoms with E-state index < -0.39 is 18.1 Å². The molecule has 1 heterocycles. The second kappa shape index (κ2) is 7.74. The van der Waals surface area contributed by atoms with E-state index in [1.54, 1.807) is 6.20 Å². The molecule has 134 valence electrons. The first kappa shape index (κ1) is 17.5. The van der Waals surface area contributed by atoms with Crippen molar-refractivity contribution in [2.75, 3.05) is 0 Å². The number of hydrogen-bond acceptors (Lipinski definition) is 3. The van der Waals surface area contributed by atoms with Crippen LogP contribution in [0.15, 0.2) is 54.7 Å². The summed E-state index contributed by atoms with van der Waals surface area (Å²) < 4.78 is 5.12. The van der Waals surface area contributed by atoms with E-state index in [1.807, 2.05) is 55.5 Å². The zero-order chi connectivity index (χ0) is 18.5. The van der Waals surface area contributed by atoms with E-state index in [0.29, 0.717) is 0 Å². The third-order valence-corrected chi connectivity index (χ3v) is 4.22. The number of nitrogens with one attached hydrogen (secondary N) is 2. The van der Waals surface area contributed by atoms with Crippen molar-refractivity contribution in [3.63, 3.8) is 0 Å². The number of alkyl carbamates (subject to hydrolysis) is 1. The number of carbonyl (C=O) groups is 2. The predicted molar refractivity (Wildman–Crippen MR) is 97.9 cm³/mol. The van der Waals surface area contributed by atoms with Crippen LogP contribution in [0.2, 0.25) is 0 Å². The fourth-order valence-electron chi connectivity index (χ4n) is 2.94. The number of H-pyrrole nitrogens is 1. The summed E-state index contributed by atoms with van der Waals surface area (Å²) in [6, 6.07) is 14.0. The van der Waals surface area contributed by atoms with Crippen LogP contribution in [0, 0.1) is 6.92 Å². The van der Waals surface area contributed by atoms with Gasteiger partial charge in [-0.05, 0) is 29.7 Å². The summed E-state index contributed by atoms with van der Waals surface area (Å²) in [4.78, 5) is 26.7. The number of carboxylic acids is 1. The first-order chi connectivity index (χ1) is 12.5. The Morgan fingerprint density at radius 2 is 1.92 bits per heavy atom. The Kier molecular flexibility index (Phi) is 5.22. The first-order valence-corrected chi connectivity index (χ1v) is 8.30. The van der Waals surface area contributed by atoms with Gasteiger partial charge in [0.05, 0.1) is 0 Å². The molecule has 26 heavy (non-hydrogen) atoms. The summed E-state index contributed by atoms with van der Waals surface area (Å²) in [6.07, 6.45) is 1.20. The number of aliphatic carboxylic acids is 1. The number of ether oxygens (including phenoxy) is 1. The second-order valence-corrected chi connectivity index (χ2v) is 6.11. The Labute approximate surface area is 150 Å². The number of hydrogen-bond donors (Lipinski definition) is 3. The lowest BCUT2D eigenvalue weighted by Gasteiger charge is -2.14. The van der Waals surface area contributed by atoms with Crippen molar-refractivity contribution in [3.8, 4) is 0 Å². The second-order valence-electron chi connectivity index (χ2n) is 6.11. The molecule has 2 aromatic carbocycles. The molecule has 1 unspecified atom stereocenters. The smallest absolute Gasteiger partial charge is 0.408 e.